The van der Waals surface area contributed by atoms with Gasteiger partial charge in [-0.1, -0.05) is 12.1 Å². The number of nitrogens with zero attached hydrogens (tertiary/aromatic N) is 11. The van der Waals surface area contributed by atoms with Gasteiger partial charge >= 0.3 is 6.09 Å². The highest BCUT2D eigenvalue weighted by Gasteiger charge is 2.39. The summed E-state index contributed by atoms with van der Waals surface area (Å²) >= 11 is 0. The number of nitrogens with one attached hydrogen (secondary N) is 1. The second-order valence-corrected chi connectivity index (χ2v) is 18.4. The van der Waals surface area contributed by atoms with Crippen molar-refractivity contribution in [2.45, 2.75) is 78.0 Å². The number of fused-ring (bicyclic) bond motifs is 2. The number of anilines is 2. The Labute approximate surface area is 406 Å². The third-order valence-electron chi connectivity index (χ3n) is 12.2. The summed E-state index contributed by atoms with van der Waals surface area (Å²) in [5.74, 6) is -0.638. The van der Waals surface area contributed by atoms with E-state index < -0.39 is 29.2 Å². The summed E-state index contributed by atoms with van der Waals surface area (Å²) < 4.78 is 38.1. The third kappa shape index (κ3) is 9.69. The fourth-order valence-corrected chi connectivity index (χ4v) is 8.95. The molecule has 8 heterocycles. The molecule has 0 saturated carbocycles. The van der Waals surface area contributed by atoms with Crippen LogP contribution in [0.15, 0.2) is 73.1 Å². The van der Waals surface area contributed by atoms with Gasteiger partial charge in [-0.05, 0) is 82.9 Å². The summed E-state index contributed by atoms with van der Waals surface area (Å²) in [6, 6.07) is 19.0. The zero-order chi connectivity index (χ0) is 50.1. The van der Waals surface area contributed by atoms with Crippen LogP contribution in [0.4, 0.5) is 25.2 Å². The Morgan fingerprint density at radius 3 is 1.69 bits per heavy atom. The first-order valence-electron chi connectivity index (χ1n) is 23.0. The van der Waals surface area contributed by atoms with E-state index in [4.69, 9.17) is 4.74 Å². The van der Waals surface area contributed by atoms with E-state index in [1.54, 1.807) is 56.0 Å². The van der Waals surface area contributed by atoms with Crippen LogP contribution in [-0.2, 0) is 27.4 Å². The van der Waals surface area contributed by atoms with Gasteiger partial charge in [0.05, 0.1) is 106 Å². The van der Waals surface area contributed by atoms with Crippen molar-refractivity contribution >= 4 is 41.1 Å². The van der Waals surface area contributed by atoms with Crippen LogP contribution in [-0.4, -0.2) is 95.7 Å². The van der Waals surface area contributed by atoms with E-state index in [1.165, 1.54) is 47.1 Å². The average Bonchev–Trinajstić information content (AvgIpc) is 4.12. The maximum absolute atomic E-state index is 15.0. The van der Waals surface area contributed by atoms with Crippen LogP contribution in [0.25, 0.3) is 33.9 Å². The topological polar surface area (TPSA) is 225 Å². The summed E-state index contributed by atoms with van der Waals surface area (Å²) in [4.78, 5) is 76.9. The molecule has 1 N–H and O–H groups in total. The number of ketones is 2. The van der Waals surface area contributed by atoms with Crippen molar-refractivity contribution in [2.75, 3.05) is 36.0 Å². The maximum atomic E-state index is 15.0. The average molecular weight is 961 g/mol. The number of nitriles is 2. The fourth-order valence-electron chi connectivity index (χ4n) is 8.95. The second-order valence-electron chi connectivity index (χ2n) is 18.4. The van der Waals surface area contributed by atoms with E-state index in [9.17, 15) is 43.3 Å². The molecular weight excluding hydrogens is 915 g/mol. The van der Waals surface area contributed by atoms with Crippen molar-refractivity contribution in [1.29, 1.82) is 10.5 Å². The molecule has 6 aromatic rings. The number of ether oxygens (including phenoxy) is 1. The molecular formula is C51H46F2N12O6. The van der Waals surface area contributed by atoms with Gasteiger partial charge in [-0.25, -0.2) is 37.8 Å². The summed E-state index contributed by atoms with van der Waals surface area (Å²) in [6.45, 7) is 7.04. The summed E-state index contributed by atoms with van der Waals surface area (Å²) in [5, 5.41) is 31.1. The third-order valence-corrected chi connectivity index (χ3v) is 12.2. The number of benzene rings is 2. The van der Waals surface area contributed by atoms with E-state index in [-0.39, 0.29) is 87.7 Å². The molecule has 4 aromatic heterocycles. The Balaban J connectivity index is 0.000000179. The summed E-state index contributed by atoms with van der Waals surface area (Å²) in [6.07, 6.45) is 7.05. The lowest BCUT2D eigenvalue weighted by Crippen LogP contribution is -2.37. The number of carbonyl (C=O) groups excluding carboxylic acids is 5. The predicted octanol–water partition coefficient (Wildman–Crippen LogP) is 7.14. The highest BCUT2D eigenvalue weighted by molar-refractivity contribution is 6.09. The molecule has 0 bridgehead atoms. The number of imide groups is 1. The molecule has 10 rings (SSSR count). The minimum atomic E-state index is -0.829. The number of halogens is 2. The molecule has 0 radical (unpaired) electrons. The summed E-state index contributed by atoms with van der Waals surface area (Å²) in [5.41, 5.74) is 1.76. The lowest BCUT2D eigenvalue weighted by atomic mass is 10.0. The number of aromatic nitrogens is 6. The Hall–Kier alpha value is -8.65. The molecule has 18 nitrogen and oxygen atoms in total. The molecule has 2 fully saturated rings. The zero-order valence-corrected chi connectivity index (χ0v) is 39.0. The van der Waals surface area contributed by atoms with E-state index in [1.807, 2.05) is 21.9 Å². The number of rotatable bonds is 6. The Bertz CT molecular complexity index is 3250. The van der Waals surface area contributed by atoms with Gasteiger partial charge in [0.25, 0.3) is 11.8 Å². The van der Waals surface area contributed by atoms with E-state index in [2.05, 4.69) is 25.5 Å². The molecule has 0 atom stereocenters. The van der Waals surface area contributed by atoms with Crippen molar-refractivity contribution in [3.8, 4) is 46.0 Å². The van der Waals surface area contributed by atoms with Crippen molar-refractivity contribution in [2.24, 2.45) is 0 Å². The number of Topliss-reactive ketones (excluding diaryl/α,β-unsaturated/α-hetero) is 2. The van der Waals surface area contributed by atoms with E-state index >= 15 is 0 Å². The van der Waals surface area contributed by atoms with Gasteiger partial charge in [-0.15, -0.1) is 0 Å². The smallest absolute Gasteiger partial charge is 0.417 e. The number of amides is 3. The number of hydrogen-bond acceptors (Lipinski definition) is 14. The SMILES string of the molecule is CC(C)(C)OC(=O)N1Cc2nc(-c3c(F)cccc3C#N)cc(-n3ccc(N4CCCCC(=O)C4)n3)c2C1=O.N#Cc1cccc(F)c1-c1cc(-n2ccc(N3CCCCC(=O)C3)n2)c2c(n1)CNC2=O. The van der Waals surface area contributed by atoms with Gasteiger partial charge in [0.2, 0.25) is 0 Å². The Kier molecular flexibility index (Phi) is 12.9. The standard InChI is InChI=1S/C28H27FN6O4.C23H19FN6O2/c1-28(2,3)39-27(38)34-16-21-25(26(34)37)22(13-20(31-21)24-17(14-30)7-6-9-19(24)29)35-12-10-23(32-35)33-11-5-4-8-18(36)15-33;24-16-6-3-4-14(11-25)21(16)17-10-19(22-18(27-17)12-26-23(22)32)30-9-7-20(28-30)29-8-2-1-5-15(31)13-29/h6-7,9-10,12-13H,4-5,8,11,15-16H2,1-3H3;3-4,6-7,9-10H,1-2,5,8,12-13H2,(H,26,32). The van der Waals surface area contributed by atoms with Crippen molar-refractivity contribution in [3.63, 3.8) is 0 Å². The molecule has 360 valence electrons. The van der Waals surface area contributed by atoms with Crippen molar-refractivity contribution in [3.05, 3.63) is 118 Å². The van der Waals surface area contributed by atoms with Gasteiger partial charge in [-0.2, -0.15) is 20.7 Å². The highest BCUT2D eigenvalue weighted by atomic mass is 19.1. The Morgan fingerprint density at radius 1 is 0.676 bits per heavy atom. The predicted molar refractivity (Wildman–Crippen MR) is 252 cm³/mol. The van der Waals surface area contributed by atoms with Gasteiger partial charge in [0.1, 0.15) is 17.2 Å². The van der Waals surface area contributed by atoms with Crippen LogP contribution in [0.1, 0.15) is 103 Å². The minimum Gasteiger partial charge on any atom is -0.443 e. The summed E-state index contributed by atoms with van der Waals surface area (Å²) in [7, 11) is 0. The molecule has 4 aliphatic rings. The zero-order valence-electron chi connectivity index (χ0n) is 39.0. The molecule has 0 unspecified atom stereocenters. The first-order chi connectivity index (χ1) is 34.1. The van der Waals surface area contributed by atoms with Crippen LogP contribution in [0.2, 0.25) is 0 Å². The van der Waals surface area contributed by atoms with Gasteiger partial charge < -0.3 is 19.9 Å². The number of pyridine rings is 2. The van der Waals surface area contributed by atoms with Gasteiger partial charge in [0.15, 0.2) is 23.2 Å². The van der Waals surface area contributed by atoms with Gasteiger partial charge in [0, 0.05) is 50.5 Å². The number of hydrogen-bond donors (Lipinski definition) is 1. The minimum absolute atomic E-state index is 0.0160. The molecule has 0 spiro atoms. The molecule has 3 amide bonds. The van der Waals surface area contributed by atoms with Gasteiger partial charge in [-0.3, -0.25) is 19.2 Å². The normalized spacial score (nSPS) is 15.7. The van der Waals surface area contributed by atoms with Crippen molar-refractivity contribution < 1.29 is 37.5 Å². The molecule has 4 aliphatic heterocycles. The largest absolute Gasteiger partial charge is 0.443 e. The quantitative estimate of drug-likeness (QED) is 0.175. The van der Waals surface area contributed by atoms with Crippen LogP contribution >= 0.6 is 0 Å². The molecule has 2 saturated heterocycles. The van der Waals surface area contributed by atoms with E-state index in [0.717, 1.165) is 37.1 Å². The Morgan fingerprint density at radius 2 is 1.18 bits per heavy atom. The van der Waals surface area contributed by atoms with Crippen LogP contribution in [0.3, 0.4) is 0 Å². The first-order valence-corrected chi connectivity index (χ1v) is 23.0. The van der Waals surface area contributed by atoms with Crippen molar-refractivity contribution in [1.82, 2.24) is 39.7 Å². The van der Waals surface area contributed by atoms with E-state index in [0.29, 0.717) is 54.5 Å². The van der Waals surface area contributed by atoms with Crippen LogP contribution < -0.4 is 15.1 Å². The second kappa shape index (κ2) is 19.4. The fraction of sp³-hybridized carbons (Fsp3) is 0.314. The highest BCUT2D eigenvalue weighted by Crippen LogP contribution is 2.36. The molecule has 2 aromatic carbocycles. The lowest BCUT2D eigenvalue weighted by Gasteiger charge is -2.23. The molecule has 20 heteroatoms. The lowest BCUT2D eigenvalue weighted by molar-refractivity contribution is -0.118. The number of carbonyl (C=O) groups is 5. The first kappa shape index (κ1) is 47.4. The monoisotopic (exact) mass is 960 g/mol. The van der Waals surface area contributed by atoms with Crippen LogP contribution in [0, 0.1) is 34.3 Å². The maximum Gasteiger partial charge on any atom is 0.417 e. The molecule has 71 heavy (non-hydrogen) atoms. The molecule has 0 aliphatic carbocycles. The van der Waals surface area contributed by atoms with Crippen LogP contribution in [0.5, 0.6) is 0 Å².